The Balaban J connectivity index is 1.83. The summed E-state index contributed by atoms with van der Waals surface area (Å²) in [7, 11) is 0. The zero-order chi connectivity index (χ0) is 13.7. The molecule has 0 aliphatic heterocycles. The summed E-state index contributed by atoms with van der Waals surface area (Å²) in [5, 5.41) is 10.6. The first-order valence-electron chi connectivity index (χ1n) is 6.28. The molecule has 0 fully saturated rings. The maximum Gasteiger partial charge on any atom is 0.235 e. The van der Waals surface area contributed by atoms with Crippen LogP contribution in [-0.2, 0) is 17.8 Å². The SMILES string of the molecule is CC(C)c1nnc(CNC(=O)Cc2ccccc2)o1. The molecule has 1 N–H and O–H groups in total. The minimum atomic E-state index is -0.0597. The van der Waals surface area contributed by atoms with Gasteiger partial charge in [0.2, 0.25) is 17.7 Å². The molecule has 0 saturated carbocycles. The smallest absolute Gasteiger partial charge is 0.235 e. The highest BCUT2D eigenvalue weighted by Gasteiger charge is 2.10. The van der Waals surface area contributed by atoms with E-state index in [0.717, 1.165) is 5.56 Å². The summed E-state index contributed by atoms with van der Waals surface area (Å²) in [5.41, 5.74) is 0.980. The molecule has 1 heterocycles. The second kappa shape index (κ2) is 6.13. The lowest BCUT2D eigenvalue weighted by atomic mass is 10.1. The van der Waals surface area contributed by atoms with E-state index in [0.29, 0.717) is 18.2 Å². The number of nitrogens with zero attached hydrogens (tertiary/aromatic N) is 2. The molecule has 5 heteroatoms. The summed E-state index contributed by atoms with van der Waals surface area (Å²) < 4.78 is 5.41. The Hall–Kier alpha value is -2.17. The largest absolute Gasteiger partial charge is 0.423 e. The Kier molecular flexibility index (Phi) is 4.28. The zero-order valence-electron chi connectivity index (χ0n) is 11.1. The van der Waals surface area contributed by atoms with Gasteiger partial charge in [-0.2, -0.15) is 0 Å². The molecule has 2 aromatic rings. The summed E-state index contributed by atoms with van der Waals surface area (Å²) >= 11 is 0. The number of amides is 1. The standard InChI is InChI=1S/C14H17N3O2/c1-10(2)14-17-16-13(19-14)9-15-12(18)8-11-6-4-3-5-7-11/h3-7,10H,8-9H2,1-2H3,(H,15,18). The average molecular weight is 259 g/mol. The average Bonchev–Trinajstić information content (AvgIpc) is 2.86. The highest BCUT2D eigenvalue weighted by molar-refractivity contribution is 5.78. The van der Waals surface area contributed by atoms with Crippen molar-refractivity contribution >= 4 is 5.91 Å². The van der Waals surface area contributed by atoms with Crippen molar-refractivity contribution in [1.82, 2.24) is 15.5 Å². The Morgan fingerprint density at radius 1 is 1.26 bits per heavy atom. The number of nitrogens with one attached hydrogen (secondary N) is 1. The van der Waals surface area contributed by atoms with Crippen molar-refractivity contribution < 1.29 is 9.21 Å². The molecule has 0 aliphatic carbocycles. The molecule has 5 nitrogen and oxygen atoms in total. The van der Waals surface area contributed by atoms with Gasteiger partial charge in [0.05, 0.1) is 13.0 Å². The number of aromatic nitrogens is 2. The van der Waals surface area contributed by atoms with Gasteiger partial charge in [-0.3, -0.25) is 4.79 Å². The zero-order valence-corrected chi connectivity index (χ0v) is 11.1. The Bertz CT molecular complexity index is 535. The Labute approximate surface area is 112 Å². The van der Waals surface area contributed by atoms with Crippen molar-refractivity contribution in [2.24, 2.45) is 0 Å². The molecule has 0 saturated heterocycles. The second-order valence-corrected chi connectivity index (χ2v) is 4.63. The Morgan fingerprint density at radius 2 is 2.00 bits per heavy atom. The molecule has 100 valence electrons. The minimum Gasteiger partial charge on any atom is -0.423 e. The molecular formula is C14H17N3O2. The van der Waals surface area contributed by atoms with Gasteiger partial charge in [0.25, 0.3) is 0 Å². The second-order valence-electron chi connectivity index (χ2n) is 4.63. The maximum absolute atomic E-state index is 11.7. The van der Waals surface area contributed by atoms with Crippen LogP contribution in [0.5, 0.6) is 0 Å². The topological polar surface area (TPSA) is 68.0 Å². The first kappa shape index (κ1) is 13.3. The lowest BCUT2D eigenvalue weighted by molar-refractivity contribution is -0.120. The maximum atomic E-state index is 11.7. The van der Waals surface area contributed by atoms with Crippen molar-refractivity contribution in [3.05, 3.63) is 47.7 Å². The van der Waals surface area contributed by atoms with Crippen LogP contribution in [0.15, 0.2) is 34.7 Å². The van der Waals surface area contributed by atoms with Crippen LogP contribution in [0.25, 0.3) is 0 Å². The van der Waals surface area contributed by atoms with Gasteiger partial charge >= 0.3 is 0 Å². The van der Waals surface area contributed by atoms with Gasteiger partial charge in [0.1, 0.15) is 0 Å². The van der Waals surface area contributed by atoms with Crippen molar-refractivity contribution in [3.8, 4) is 0 Å². The molecule has 0 spiro atoms. The van der Waals surface area contributed by atoms with Crippen LogP contribution >= 0.6 is 0 Å². The van der Waals surface area contributed by atoms with Crippen molar-refractivity contribution in [1.29, 1.82) is 0 Å². The molecule has 1 amide bonds. The van der Waals surface area contributed by atoms with E-state index in [9.17, 15) is 4.79 Å². The van der Waals surface area contributed by atoms with Gasteiger partial charge in [-0.25, -0.2) is 0 Å². The number of hydrogen-bond acceptors (Lipinski definition) is 4. The lowest BCUT2D eigenvalue weighted by Gasteiger charge is -2.02. The lowest BCUT2D eigenvalue weighted by Crippen LogP contribution is -2.24. The van der Waals surface area contributed by atoms with Gasteiger partial charge in [-0.15, -0.1) is 10.2 Å². The number of benzene rings is 1. The predicted molar refractivity (Wildman–Crippen MR) is 70.4 cm³/mol. The van der Waals surface area contributed by atoms with Crippen molar-refractivity contribution in [2.45, 2.75) is 32.7 Å². The van der Waals surface area contributed by atoms with Crippen LogP contribution in [0.2, 0.25) is 0 Å². The van der Waals surface area contributed by atoms with E-state index in [1.807, 2.05) is 44.2 Å². The van der Waals surface area contributed by atoms with Gasteiger partial charge < -0.3 is 9.73 Å². The monoisotopic (exact) mass is 259 g/mol. The van der Waals surface area contributed by atoms with Crippen LogP contribution in [0.3, 0.4) is 0 Å². The van der Waals surface area contributed by atoms with E-state index in [4.69, 9.17) is 4.42 Å². The molecule has 0 atom stereocenters. The fourth-order valence-corrected chi connectivity index (χ4v) is 1.59. The number of rotatable bonds is 5. The van der Waals surface area contributed by atoms with E-state index in [1.54, 1.807) is 0 Å². The van der Waals surface area contributed by atoms with Crippen LogP contribution in [0.4, 0.5) is 0 Å². The highest BCUT2D eigenvalue weighted by atomic mass is 16.4. The third-order valence-corrected chi connectivity index (χ3v) is 2.62. The molecule has 0 unspecified atom stereocenters. The summed E-state index contributed by atoms with van der Waals surface area (Å²) in [6.45, 7) is 4.22. The number of carbonyl (C=O) groups excluding carboxylic acids is 1. The van der Waals surface area contributed by atoms with Gasteiger partial charge in [0.15, 0.2) is 0 Å². The third-order valence-electron chi connectivity index (χ3n) is 2.62. The number of hydrogen-bond donors (Lipinski definition) is 1. The first-order chi connectivity index (χ1) is 9.15. The fourth-order valence-electron chi connectivity index (χ4n) is 1.59. The molecule has 19 heavy (non-hydrogen) atoms. The fraction of sp³-hybridized carbons (Fsp3) is 0.357. The van der Waals surface area contributed by atoms with Crippen LogP contribution in [0.1, 0.15) is 37.1 Å². The van der Waals surface area contributed by atoms with Gasteiger partial charge in [0, 0.05) is 5.92 Å². The van der Waals surface area contributed by atoms with Crippen LogP contribution < -0.4 is 5.32 Å². The summed E-state index contributed by atoms with van der Waals surface area (Å²) in [4.78, 5) is 11.7. The highest BCUT2D eigenvalue weighted by Crippen LogP contribution is 2.11. The number of carbonyl (C=O) groups is 1. The molecule has 0 bridgehead atoms. The molecule has 0 aliphatic rings. The van der Waals surface area contributed by atoms with Crippen LogP contribution in [0, 0.1) is 0 Å². The molecule has 1 aromatic heterocycles. The predicted octanol–water partition coefficient (Wildman–Crippen LogP) is 2.05. The quantitative estimate of drug-likeness (QED) is 0.892. The summed E-state index contributed by atoms with van der Waals surface area (Å²) in [6, 6.07) is 9.59. The normalized spacial score (nSPS) is 10.7. The molecule has 1 aromatic carbocycles. The van der Waals surface area contributed by atoms with Crippen LogP contribution in [-0.4, -0.2) is 16.1 Å². The van der Waals surface area contributed by atoms with E-state index in [1.165, 1.54) is 0 Å². The molecular weight excluding hydrogens is 242 g/mol. The molecule has 0 radical (unpaired) electrons. The van der Waals surface area contributed by atoms with Gasteiger partial charge in [-0.1, -0.05) is 44.2 Å². The van der Waals surface area contributed by atoms with E-state index < -0.39 is 0 Å². The molecule has 2 rings (SSSR count). The Morgan fingerprint density at radius 3 is 2.63 bits per heavy atom. The van der Waals surface area contributed by atoms with E-state index in [-0.39, 0.29) is 18.4 Å². The third kappa shape index (κ3) is 3.91. The van der Waals surface area contributed by atoms with Crippen molar-refractivity contribution in [3.63, 3.8) is 0 Å². The summed E-state index contributed by atoms with van der Waals surface area (Å²) in [5.74, 6) is 1.16. The summed E-state index contributed by atoms with van der Waals surface area (Å²) in [6.07, 6.45) is 0.353. The first-order valence-corrected chi connectivity index (χ1v) is 6.28. The van der Waals surface area contributed by atoms with E-state index in [2.05, 4.69) is 15.5 Å². The van der Waals surface area contributed by atoms with Crippen molar-refractivity contribution in [2.75, 3.05) is 0 Å². The van der Waals surface area contributed by atoms with Gasteiger partial charge in [-0.05, 0) is 5.56 Å². The minimum absolute atomic E-state index is 0.0597. The van der Waals surface area contributed by atoms with E-state index >= 15 is 0 Å².